The molecule has 0 aliphatic rings. The molecule has 0 unspecified atom stereocenters. The minimum absolute atomic E-state index is 0.487. The van der Waals surface area contributed by atoms with Gasteiger partial charge in [-0.05, 0) is 26.0 Å². The molecule has 4 aromatic rings. The molecule has 0 atom stereocenters. The van der Waals surface area contributed by atoms with Gasteiger partial charge in [0, 0.05) is 11.9 Å². The fourth-order valence-electron chi connectivity index (χ4n) is 2.51. The van der Waals surface area contributed by atoms with Crippen LogP contribution < -0.4 is 5.32 Å². The summed E-state index contributed by atoms with van der Waals surface area (Å²) in [5.74, 6) is 0.706. The second-order valence-electron chi connectivity index (χ2n) is 5.15. The van der Waals surface area contributed by atoms with Crippen LogP contribution in [-0.4, -0.2) is 24.5 Å². The zero-order valence-corrected chi connectivity index (χ0v) is 12.2. The largest absolute Gasteiger partial charge is 0.364 e. The van der Waals surface area contributed by atoms with Crippen LogP contribution in [0.15, 0.2) is 35.2 Å². The fraction of sp³-hybridized carbons (Fsp3) is 0.200. The number of nitrogens with one attached hydrogen (secondary N) is 1. The van der Waals surface area contributed by atoms with Gasteiger partial charge >= 0.3 is 0 Å². The third-order valence-electron chi connectivity index (χ3n) is 3.63. The minimum Gasteiger partial charge on any atom is -0.364 e. The summed E-state index contributed by atoms with van der Waals surface area (Å²) < 4.78 is 7.21. The van der Waals surface area contributed by atoms with E-state index in [2.05, 4.69) is 42.8 Å². The highest BCUT2D eigenvalue weighted by atomic mass is 16.5. The fourth-order valence-corrected chi connectivity index (χ4v) is 2.51. The first kappa shape index (κ1) is 12.8. The molecule has 22 heavy (non-hydrogen) atoms. The molecule has 0 saturated heterocycles. The molecule has 110 valence electrons. The predicted molar refractivity (Wildman–Crippen MR) is 81.6 cm³/mol. The van der Waals surface area contributed by atoms with E-state index in [0.29, 0.717) is 18.1 Å². The summed E-state index contributed by atoms with van der Waals surface area (Å²) >= 11 is 0. The number of rotatable bonds is 3. The van der Waals surface area contributed by atoms with Gasteiger partial charge in [-0.2, -0.15) is 4.98 Å². The van der Waals surface area contributed by atoms with Gasteiger partial charge in [-0.1, -0.05) is 11.2 Å². The number of hydrogen-bond donors (Lipinski definition) is 1. The van der Waals surface area contributed by atoms with Crippen molar-refractivity contribution in [3.63, 3.8) is 0 Å². The van der Waals surface area contributed by atoms with Gasteiger partial charge < -0.3 is 14.2 Å². The van der Waals surface area contributed by atoms with Gasteiger partial charge in [0.1, 0.15) is 23.2 Å². The Hall–Kier alpha value is -2.96. The van der Waals surface area contributed by atoms with E-state index in [1.165, 1.54) is 6.33 Å². The molecule has 0 aromatic carbocycles. The molecule has 4 rings (SSSR count). The van der Waals surface area contributed by atoms with Crippen LogP contribution in [0.1, 0.15) is 17.1 Å². The van der Waals surface area contributed by atoms with Gasteiger partial charge in [0.05, 0.1) is 17.9 Å². The predicted octanol–water partition coefficient (Wildman–Crippen LogP) is 2.49. The highest BCUT2D eigenvalue weighted by molar-refractivity contribution is 5.87. The summed E-state index contributed by atoms with van der Waals surface area (Å²) in [4.78, 5) is 12.9. The van der Waals surface area contributed by atoms with Crippen molar-refractivity contribution < 1.29 is 4.52 Å². The molecule has 0 spiro atoms. The average Bonchev–Trinajstić information content (AvgIpc) is 3.10. The van der Waals surface area contributed by atoms with Crippen LogP contribution in [-0.2, 0) is 6.54 Å². The molecule has 4 aromatic heterocycles. The normalized spacial score (nSPS) is 11.4. The Morgan fingerprint density at radius 2 is 2.14 bits per heavy atom. The van der Waals surface area contributed by atoms with Crippen LogP contribution in [0.25, 0.3) is 16.7 Å². The minimum atomic E-state index is 0.487. The zero-order chi connectivity index (χ0) is 15.1. The first-order valence-electron chi connectivity index (χ1n) is 6.97. The van der Waals surface area contributed by atoms with E-state index in [-0.39, 0.29) is 0 Å². The van der Waals surface area contributed by atoms with E-state index in [0.717, 1.165) is 28.1 Å². The van der Waals surface area contributed by atoms with Gasteiger partial charge in [0.25, 0.3) is 5.71 Å². The lowest BCUT2D eigenvalue weighted by Crippen LogP contribution is -2.02. The summed E-state index contributed by atoms with van der Waals surface area (Å²) in [7, 11) is 0. The maximum atomic E-state index is 5.14. The molecule has 7 nitrogen and oxygen atoms in total. The first-order valence-corrected chi connectivity index (χ1v) is 6.97. The van der Waals surface area contributed by atoms with Crippen molar-refractivity contribution in [2.24, 2.45) is 0 Å². The summed E-state index contributed by atoms with van der Waals surface area (Å²) in [6, 6.07) is 6.05. The SMILES string of the molecule is Cc1noc2ncnc(NCc3cn4c(C)cccc4n3)c12. The van der Waals surface area contributed by atoms with Gasteiger partial charge in [-0.25, -0.2) is 9.97 Å². The summed E-state index contributed by atoms with van der Waals surface area (Å²) in [5.41, 5.74) is 4.28. The smallest absolute Gasteiger partial charge is 0.263 e. The van der Waals surface area contributed by atoms with Crippen molar-refractivity contribution in [3.05, 3.63) is 47.8 Å². The van der Waals surface area contributed by atoms with Crippen molar-refractivity contribution >= 4 is 22.6 Å². The Balaban J connectivity index is 1.65. The molecular weight excluding hydrogens is 280 g/mol. The maximum Gasteiger partial charge on any atom is 0.263 e. The van der Waals surface area contributed by atoms with Crippen molar-refractivity contribution in [2.75, 3.05) is 5.32 Å². The number of anilines is 1. The number of hydrogen-bond acceptors (Lipinski definition) is 6. The average molecular weight is 294 g/mol. The second-order valence-corrected chi connectivity index (χ2v) is 5.15. The van der Waals surface area contributed by atoms with E-state index < -0.39 is 0 Å². The molecule has 0 radical (unpaired) electrons. The molecule has 1 N–H and O–H groups in total. The van der Waals surface area contributed by atoms with Gasteiger partial charge in [-0.3, -0.25) is 0 Å². The summed E-state index contributed by atoms with van der Waals surface area (Å²) in [6.45, 7) is 4.49. The Labute approximate surface area is 126 Å². The molecule has 0 bridgehead atoms. The monoisotopic (exact) mass is 294 g/mol. The molecule has 4 heterocycles. The number of aromatic nitrogens is 5. The first-order chi connectivity index (χ1) is 10.7. The number of imidazole rings is 1. The van der Waals surface area contributed by atoms with E-state index in [1.54, 1.807) is 0 Å². The third-order valence-corrected chi connectivity index (χ3v) is 3.63. The Bertz CT molecular complexity index is 971. The van der Waals surface area contributed by atoms with E-state index in [1.807, 2.05) is 25.3 Å². The lowest BCUT2D eigenvalue weighted by Gasteiger charge is -2.03. The molecule has 7 heteroatoms. The van der Waals surface area contributed by atoms with Crippen molar-refractivity contribution in [1.29, 1.82) is 0 Å². The number of aryl methyl sites for hydroxylation is 2. The summed E-state index contributed by atoms with van der Waals surface area (Å²) in [6.07, 6.45) is 3.49. The third kappa shape index (κ3) is 1.98. The van der Waals surface area contributed by atoms with E-state index >= 15 is 0 Å². The van der Waals surface area contributed by atoms with Crippen LogP contribution >= 0.6 is 0 Å². The van der Waals surface area contributed by atoms with E-state index in [4.69, 9.17) is 4.52 Å². The van der Waals surface area contributed by atoms with Crippen LogP contribution in [0.5, 0.6) is 0 Å². The van der Waals surface area contributed by atoms with Gasteiger partial charge in [0.15, 0.2) is 0 Å². The highest BCUT2D eigenvalue weighted by Gasteiger charge is 2.12. The quantitative estimate of drug-likeness (QED) is 0.625. The zero-order valence-electron chi connectivity index (χ0n) is 12.2. The molecule has 0 saturated carbocycles. The molecule has 0 aliphatic heterocycles. The molecule has 0 fully saturated rings. The van der Waals surface area contributed by atoms with Crippen LogP contribution in [0.3, 0.4) is 0 Å². The number of fused-ring (bicyclic) bond motifs is 2. The topological polar surface area (TPSA) is 81.1 Å². The van der Waals surface area contributed by atoms with Crippen LogP contribution in [0.4, 0.5) is 5.82 Å². The van der Waals surface area contributed by atoms with E-state index in [9.17, 15) is 0 Å². The van der Waals surface area contributed by atoms with Crippen molar-refractivity contribution in [3.8, 4) is 0 Å². The lowest BCUT2D eigenvalue weighted by atomic mass is 10.3. The standard InChI is InChI=1S/C15H14N6O/c1-9-4-3-5-12-19-11(7-21(9)12)6-16-14-13-10(2)20-22-15(13)18-8-17-14/h3-5,7-8H,6H2,1-2H3,(H,16,17,18). The Kier molecular flexibility index (Phi) is 2.78. The second kappa shape index (κ2) is 4.80. The molecular formula is C15H14N6O. The maximum absolute atomic E-state index is 5.14. The number of nitrogens with zero attached hydrogens (tertiary/aromatic N) is 5. The Morgan fingerprint density at radius 3 is 3.00 bits per heavy atom. The summed E-state index contributed by atoms with van der Waals surface area (Å²) in [5, 5.41) is 8.01. The molecule has 0 amide bonds. The highest BCUT2D eigenvalue weighted by Crippen LogP contribution is 2.22. The van der Waals surface area contributed by atoms with Crippen molar-refractivity contribution in [1.82, 2.24) is 24.5 Å². The van der Waals surface area contributed by atoms with Crippen LogP contribution in [0, 0.1) is 13.8 Å². The van der Waals surface area contributed by atoms with Gasteiger partial charge in [-0.15, -0.1) is 0 Å². The van der Waals surface area contributed by atoms with Crippen LogP contribution in [0.2, 0.25) is 0 Å². The molecule has 0 aliphatic carbocycles. The Morgan fingerprint density at radius 1 is 1.23 bits per heavy atom. The van der Waals surface area contributed by atoms with Gasteiger partial charge in [0.2, 0.25) is 0 Å². The number of pyridine rings is 1. The lowest BCUT2D eigenvalue weighted by molar-refractivity contribution is 0.442. The van der Waals surface area contributed by atoms with Crippen molar-refractivity contribution in [2.45, 2.75) is 20.4 Å².